The van der Waals surface area contributed by atoms with Gasteiger partial charge < -0.3 is 14.3 Å². The quantitative estimate of drug-likeness (QED) is 0.681. The van der Waals surface area contributed by atoms with Crippen LogP contribution in [0, 0.1) is 6.92 Å². The first kappa shape index (κ1) is 17.8. The average Bonchev–Trinajstić information content (AvgIpc) is 3.19. The lowest BCUT2D eigenvalue weighted by atomic mass is 10.2. The molecule has 3 aromatic rings. The van der Waals surface area contributed by atoms with E-state index < -0.39 is 0 Å². The van der Waals surface area contributed by atoms with Gasteiger partial charge in [0.2, 0.25) is 5.91 Å². The molecular formula is C19H22BrN3O2. The molecule has 0 fully saturated rings. The van der Waals surface area contributed by atoms with E-state index in [1.165, 1.54) is 0 Å². The zero-order valence-electron chi connectivity index (χ0n) is 14.6. The number of carbonyl (C=O) groups excluding carboxylic acids is 1. The first-order valence-corrected chi connectivity index (χ1v) is 8.98. The van der Waals surface area contributed by atoms with Gasteiger partial charge >= 0.3 is 0 Å². The molecule has 1 N–H and O–H groups in total. The van der Waals surface area contributed by atoms with E-state index in [1.807, 2.05) is 60.8 Å². The highest BCUT2D eigenvalue weighted by Gasteiger charge is 2.19. The molecule has 3 rings (SSSR count). The molecule has 5 nitrogen and oxygen atoms in total. The number of para-hydroxylation sites is 1. The first-order valence-electron chi connectivity index (χ1n) is 8.19. The molecule has 0 aliphatic carbocycles. The van der Waals surface area contributed by atoms with Crippen molar-refractivity contribution in [1.29, 1.82) is 0 Å². The van der Waals surface area contributed by atoms with Crippen LogP contribution in [0.15, 0.2) is 51.6 Å². The SMILES string of the molecule is Cc1c(Br)c2ccccc2n1CC(=O)NCC(c1ccco1)N(C)C. The first-order chi connectivity index (χ1) is 12.0. The summed E-state index contributed by atoms with van der Waals surface area (Å²) in [5, 5.41) is 4.15. The molecule has 6 heteroatoms. The standard InChI is InChI=1S/C19H22BrN3O2/c1-13-19(20)14-7-4-5-8-15(14)23(13)12-18(24)21-11-16(22(2)3)17-9-6-10-25-17/h4-10,16H,11-12H2,1-3H3,(H,21,24). The summed E-state index contributed by atoms with van der Waals surface area (Å²) in [6.07, 6.45) is 1.65. The maximum atomic E-state index is 12.5. The van der Waals surface area contributed by atoms with E-state index in [9.17, 15) is 4.79 Å². The minimum absolute atomic E-state index is 0.00758. The van der Waals surface area contributed by atoms with E-state index >= 15 is 0 Å². The zero-order valence-corrected chi connectivity index (χ0v) is 16.2. The molecule has 1 amide bonds. The predicted molar refractivity (Wildman–Crippen MR) is 103 cm³/mol. The molecule has 0 spiro atoms. The number of halogens is 1. The van der Waals surface area contributed by atoms with Gasteiger partial charge in [-0.05, 0) is 55.1 Å². The molecule has 2 aromatic heterocycles. The second kappa shape index (κ2) is 7.45. The van der Waals surface area contributed by atoms with Crippen molar-refractivity contribution in [2.45, 2.75) is 19.5 Å². The van der Waals surface area contributed by atoms with Gasteiger partial charge in [-0.1, -0.05) is 18.2 Å². The maximum absolute atomic E-state index is 12.5. The van der Waals surface area contributed by atoms with Crippen molar-refractivity contribution in [1.82, 2.24) is 14.8 Å². The van der Waals surface area contributed by atoms with Gasteiger partial charge in [-0.2, -0.15) is 0 Å². The lowest BCUT2D eigenvalue weighted by Gasteiger charge is -2.22. The number of likely N-dealkylation sites (N-methyl/N-ethyl adjacent to an activating group) is 1. The number of hydrogen-bond acceptors (Lipinski definition) is 3. The summed E-state index contributed by atoms with van der Waals surface area (Å²) in [4.78, 5) is 14.6. The Bertz CT molecular complexity index is 868. The monoisotopic (exact) mass is 403 g/mol. The van der Waals surface area contributed by atoms with Crippen molar-refractivity contribution in [2.75, 3.05) is 20.6 Å². The van der Waals surface area contributed by atoms with Gasteiger partial charge in [0.25, 0.3) is 0 Å². The summed E-state index contributed by atoms with van der Waals surface area (Å²) >= 11 is 3.63. The summed E-state index contributed by atoms with van der Waals surface area (Å²) in [7, 11) is 3.94. The number of aromatic nitrogens is 1. The number of hydrogen-bond donors (Lipinski definition) is 1. The molecular weight excluding hydrogens is 382 g/mol. The number of carbonyl (C=O) groups is 1. The molecule has 1 aromatic carbocycles. The Morgan fingerprint density at radius 3 is 2.72 bits per heavy atom. The van der Waals surface area contributed by atoms with Crippen LogP contribution in [-0.4, -0.2) is 36.0 Å². The number of nitrogens with zero attached hydrogens (tertiary/aromatic N) is 2. The second-order valence-corrected chi connectivity index (χ2v) is 7.09. The Hall–Kier alpha value is -2.05. The van der Waals surface area contributed by atoms with Gasteiger partial charge in [-0.3, -0.25) is 9.69 Å². The number of fused-ring (bicyclic) bond motifs is 1. The molecule has 0 saturated carbocycles. The van der Waals surface area contributed by atoms with E-state index in [1.54, 1.807) is 6.26 Å². The van der Waals surface area contributed by atoms with Crippen LogP contribution in [-0.2, 0) is 11.3 Å². The van der Waals surface area contributed by atoms with Crippen molar-refractivity contribution in [3.8, 4) is 0 Å². The van der Waals surface area contributed by atoms with Gasteiger partial charge in [0.05, 0.1) is 12.3 Å². The van der Waals surface area contributed by atoms with Crippen LogP contribution < -0.4 is 5.32 Å². The molecule has 0 radical (unpaired) electrons. The maximum Gasteiger partial charge on any atom is 0.240 e. The van der Waals surface area contributed by atoms with E-state index in [2.05, 4.69) is 27.3 Å². The van der Waals surface area contributed by atoms with E-state index in [0.717, 1.165) is 26.8 Å². The Balaban J connectivity index is 1.72. The Labute approximate surface area is 155 Å². The van der Waals surface area contributed by atoms with Crippen LogP contribution >= 0.6 is 15.9 Å². The van der Waals surface area contributed by atoms with Crippen molar-refractivity contribution in [2.24, 2.45) is 0 Å². The molecule has 2 heterocycles. The molecule has 0 saturated heterocycles. The molecule has 25 heavy (non-hydrogen) atoms. The Kier molecular flexibility index (Phi) is 5.30. The third kappa shape index (κ3) is 3.65. The van der Waals surface area contributed by atoms with Crippen molar-refractivity contribution in [3.05, 3.63) is 58.6 Å². The number of nitrogens with one attached hydrogen (secondary N) is 1. The number of benzene rings is 1. The highest BCUT2D eigenvalue weighted by molar-refractivity contribution is 9.10. The highest BCUT2D eigenvalue weighted by Crippen LogP contribution is 2.30. The number of rotatable bonds is 6. The normalized spacial score (nSPS) is 12.7. The van der Waals surface area contributed by atoms with Gasteiger partial charge in [-0.15, -0.1) is 0 Å². The minimum atomic E-state index is -0.0187. The van der Waals surface area contributed by atoms with Gasteiger partial charge in [-0.25, -0.2) is 0 Å². The van der Waals surface area contributed by atoms with E-state index in [-0.39, 0.29) is 18.5 Å². The van der Waals surface area contributed by atoms with Crippen molar-refractivity contribution < 1.29 is 9.21 Å². The smallest absolute Gasteiger partial charge is 0.240 e. The summed E-state index contributed by atoms with van der Waals surface area (Å²) in [5.41, 5.74) is 2.10. The zero-order chi connectivity index (χ0) is 18.0. The Morgan fingerprint density at radius 1 is 1.28 bits per heavy atom. The van der Waals surface area contributed by atoms with Crippen LogP contribution in [0.5, 0.6) is 0 Å². The third-order valence-corrected chi connectivity index (χ3v) is 5.44. The van der Waals surface area contributed by atoms with Crippen LogP contribution in [0.1, 0.15) is 17.5 Å². The lowest BCUT2D eigenvalue weighted by molar-refractivity contribution is -0.121. The fourth-order valence-corrected chi connectivity index (χ4v) is 3.57. The molecule has 132 valence electrons. The summed E-state index contributed by atoms with van der Waals surface area (Å²) in [6.45, 7) is 2.80. The molecule has 0 bridgehead atoms. The highest BCUT2D eigenvalue weighted by atomic mass is 79.9. The van der Waals surface area contributed by atoms with Crippen LogP contribution in [0.25, 0.3) is 10.9 Å². The van der Waals surface area contributed by atoms with E-state index in [4.69, 9.17) is 4.42 Å². The molecule has 0 aliphatic heterocycles. The van der Waals surface area contributed by atoms with Crippen molar-refractivity contribution in [3.63, 3.8) is 0 Å². The van der Waals surface area contributed by atoms with E-state index in [0.29, 0.717) is 6.54 Å². The summed E-state index contributed by atoms with van der Waals surface area (Å²) in [5.74, 6) is 0.824. The third-order valence-electron chi connectivity index (χ3n) is 4.44. The van der Waals surface area contributed by atoms with Crippen molar-refractivity contribution >= 4 is 32.7 Å². The predicted octanol–water partition coefficient (Wildman–Crippen LogP) is 3.72. The van der Waals surface area contributed by atoms with Crippen LogP contribution in [0.4, 0.5) is 0 Å². The summed E-state index contributed by atoms with van der Waals surface area (Å²) in [6, 6.07) is 11.9. The molecule has 1 unspecified atom stereocenters. The van der Waals surface area contributed by atoms with Gasteiger partial charge in [0.15, 0.2) is 0 Å². The minimum Gasteiger partial charge on any atom is -0.468 e. The lowest BCUT2D eigenvalue weighted by Crippen LogP contribution is -2.36. The second-order valence-electron chi connectivity index (χ2n) is 6.30. The molecule has 0 aliphatic rings. The Morgan fingerprint density at radius 2 is 2.04 bits per heavy atom. The fraction of sp³-hybridized carbons (Fsp3) is 0.316. The summed E-state index contributed by atoms with van der Waals surface area (Å²) < 4.78 is 8.56. The van der Waals surface area contributed by atoms with Gasteiger partial charge in [0.1, 0.15) is 12.3 Å². The number of amides is 1. The fourth-order valence-electron chi connectivity index (χ4n) is 3.02. The topological polar surface area (TPSA) is 50.4 Å². The van der Waals surface area contributed by atoms with Gasteiger partial charge in [0, 0.05) is 27.6 Å². The average molecular weight is 404 g/mol. The molecule has 1 atom stereocenters. The van der Waals surface area contributed by atoms with Crippen LogP contribution in [0.3, 0.4) is 0 Å². The number of furan rings is 1. The largest absolute Gasteiger partial charge is 0.468 e. The van der Waals surface area contributed by atoms with Crippen LogP contribution in [0.2, 0.25) is 0 Å².